The fraction of sp³-hybridized carbons (Fsp3) is 0.385. The van der Waals surface area contributed by atoms with Crippen LogP contribution in [0.25, 0.3) is 0 Å². The van der Waals surface area contributed by atoms with E-state index in [2.05, 4.69) is 0 Å². The highest BCUT2D eigenvalue weighted by atomic mass is 16.3. The number of aliphatic hydroxyl groups excluding tert-OH is 1. The summed E-state index contributed by atoms with van der Waals surface area (Å²) in [5.74, 6) is -0.816. The zero-order valence-electron chi connectivity index (χ0n) is 10.5. The molecule has 1 heterocycles. The number of β-amino-alcohol motifs (C(OH)–C–C–N with tert-alkyl or cyclic N) is 1. The molecule has 2 atom stereocenters. The number of aliphatic hydroxyl groups is 1. The van der Waals surface area contributed by atoms with Gasteiger partial charge in [-0.05, 0) is 17.7 Å². The van der Waals surface area contributed by atoms with Crippen molar-refractivity contribution in [3.63, 3.8) is 0 Å². The molecule has 0 spiro atoms. The molecule has 1 aromatic carbocycles. The molecule has 6 heteroatoms. The van der Waals surface area contributed by atoms with Gasteiger partial charge in [0.15, 0.2) is 0 Å². The van der Waals surface area contributed by atoms with Crippen molar-refractivity contribution < 1.29 is 14.7 Å². The summed E-state index contributed by atoms with van der Waals surface area (Å²) in [6, 6.07) is 6.29. The van der Waals surface area contributed by atoms with Crippen LogP contribution in [0.3, 0.4) is 0 Å². The third kappa shape index (κ3) is 3.03. The number of nitrogens with zero attached hydrogens (tertiary/aromatic N) is 1. The van der Waals surface area contributed by atoms with E-state index in [9.17, 15) is 14.7 Å². The van der Waals surface area contributed by atoms with Gasteiger partial charge >= 0.3 is 0 Å². The van der Waals surface area contributed by atoms with Crippen molar-refractivity contribution in [3.8, 4) is 0 Å². The van der Waals surface area contributed by atoms with Gasteiger partial charge in [-0.2, -0.15) is 0 Å². The number of benzene rings is 1. The fourth-order valence-corrected chi connectivity index (χ4v) is 2.34. The number of carbonyl (C=O) groups excluding carboxylic acids is 2. The molecule has 102 valence electrons. The Labute approximate surface area is 111 Å². The predicted octanol–water partition coefficient (Wildman–Crippen LogP) is -0.742. The first-order chi connectivity index (χ1) is 8.97. The Bertz CT molecular complexity index is 504. The van der Waals surface area contributed by atoms with E-state index in [1.807, 2.05) is 0 Å². The van der Waals surface area contributed by atoms with Gasteiger partial charge in [0.2, 0.25) is 11.8 Å². The minimum absolute atomic E-state index is 0.140. The Balaban J connectivity index is 2.09. The largest absolute Gasteiger partial charge is 0.399 e. The van der Waals surface area contributed by atoms with E-state index in [1.54, 1.807) is 24.3 Å². The highest BCUT2D eigenvalue weighted by molar-refractivity contribution is 5.88. The van der Waals surface area contributed by atoms with Crippen LogP contribution in [0, 0.1) is 0 Å². The first-order valence-electron chi connectivity index (χ1n) is 6.08. The van der Waals surface area contributed by atoms with Gasteiger partial charge in [0.1, 0.15) is 6.04 Å². The molecule has 5 N–H and O–H groups in total. The third-order valence-corrected chi connectivity index (χ3v) is 3.23. The van der Waals surface area contributed by atoms with Crippen molar-refractivity contribution in [2.24, 2.45) is 5.73 Å². The number of nitrogens with two attached hydrogens (primary N) is 2. The minimum Gasteiger partial charge on any atom is -0.399 e. The summed E-state index contributed by atoms with van der Waals surface area (Å²) >= 11 is 0. The number of hydrogen-bond donors (Lipinski definition) is 3. The van der Waals surface area contributed by atoms with Crippen molar-refractivity contribution in [2.45, 2.75) is 25.0 Å². The smallest absolute Gasteiger partial charge is 0.240 e. The molecule has 0 aliphatic carbocycles. The molecule has 0 saturated carbocycles. The maximum Gasteiger partial charge on any atom is 0.240 e. The van der Waals surface area contributed by atoms with Gasteiger partial charge in [-0.25, -0.2) is 0 Å². The average Bonchev–Trinajstić information content (AvgIpc) is 2.71. The van der Waals surface area contributed by atoms with E-state index < -0.39 is 18.1 Å². The van der Waals surface area contributed by atoms with Crippen LogP contribution >= 0.6 is 0 Å². The van der Waals surface area contributed by atoms with E-state index in [0.29, 0.717) is 5.69 Å². The van der Waals surface area contributed by atoms with E-state index in [0.717, 1.165) is 5.56 Å². The van der Waals surface area contributed by atoms with Gasteiger partial charge in [-0.15, -0.1) is 0 Å². The van der Waals surface area contributed by atoms with Gasteiger partial charge in [0.25, 0.3) is 0 Å². The first kappa shape index (κ1) is 13.4. The highest BCUT2D eigenvalue weighted by Crippen LogP contribution is 2.19. The molecule has 0 bridgehead atoms. The van der Waals surface area contributed by atoms with Gasteiger partial charge in [-0.3, -0.25) is 9.59 Å². The predicted molar refractivity (Wildman–Crippen MR) is 69.9 cm³/mol. The van der Waals surface area contributed by atoms with Gasteiger partial charge in [0, 0.05) is 18.7 Å². The zero-order chi connectivity index (χ0) is 14.0. The number of anilines is 1. The quantitative estimate of drug-likeness (QED) is 0.624. The standard InChI is InChI=1S/C13H17N3O3/c14-9-3-1-2-8(4-9)5-12(18)16-7-10(17)6-11(16)13(15)19/h1-4,10-11,17H,5-7,14H2,(H2,15,19). The summed E-state index contributed by atoms with van der Waals surface area (Å²) in [5.41, 5.74) is 12.2. The van der Waals surface area contributed by atoms with Crippen molar-refractivity contribution in [1.29, 1.82) is 0 Å². The van der Waals surface area contributed by atoms with E-state index in [-0.39, 0.29) is 25.3 Å². The summed E-state index contributed by atoms with van der Waals surface area (Å²) < 4.78 is 0. The average molecular weight is 263 g/mol. The van der Waals surface area contributed by atoms with Crippen molar-refractivity contribution in [2.75, 3.05) is 12.3 Å². The monoisotopic (exact) mass is 263 g/mol. The third-order valence-electron chi connectivity index (χ3n) is 3.23. The Morgan fingerprint density at radius 1 is 1.42 bits per heavy atom. The molecule has 0 radical (unpaired) electrons. The first-order valence-corrected chi connectivity index (χ1v) is 6.08. The molecule has 19 heavy (non-hydrogen) atoms. The maximum atomic E-state index is 12.2. The lowest BCUT2D eigenvalue weighted by molar-refractivity contribution is -0.136. The number of nitrogen functional groups attached to an aromatic ring is 1. The number of primary amides is 1. The normalized spacial score (nSPS) is 22.5. The molecule has 1 aliphatic heterocycles. The molecule has 1 saturated heterocycles. The summed E-state index contributed by atoms with van der Waals surface area (Å²) in [4.78, 5) is 24.8. The molecule has 2 rings (SSSR count). The molecule has 0 aromatic heterocycles. The zero-order valence-corrected chi connectivity index (χ0v) is 10.5. The lowest BCUT2D eigenvalue weighted by Gasteiger charge is -2.21. The van der Waals surface area contributed by atoms with Crippen LogP contribution in [0.5, 0.6) is 0 Å². The molecular weight excluding hydrogens is 246 g/mol. The van der Waals surface area contributed by atoms with Crippen LogP contribution in [0.2, 0.25) is 0 Å². The lowest BCUT2D eigenvalue weighted by Crippen LogP contribution is -2.44. The van der Waals surface area contributed by atoms with E-state index in [1.165, 1.54) is 4.90 Å². The van der Waals surface area contributed by atoms with Crippen molar-refractivity contribution in [1.82, 2.24) is 4.90 Å². The van der Waals surface area contributed by atoms with Crippen LogP contribution in [0.1, 0.15) is 12.0 Å². The van der Waals surface area contributed by atoms with Gasteiger partial charge in [0.05, 0.1) is 12.5 Å². The number of likely N-dealkylation sites (tertiary alicyclic amines) is 1. The number of carbonyl (C=O) groups is 2. The summed E-state index contributed by atoms with van der Waals surface area (Å²) in [6.07, 6.45) is -0.346. The van der Waals surface area contributed by atoms with Crippen molar-refractivity contribution in [3.05, 3.63) is 29.8 Å². The molecule has 2 amide bonds. The van der Waals surface area contributed by atoms with Crippen molar-refractivity contribution >= 4 is 17.5 Å². The Hall–Kier alpha value is -2.08. The molecule has 1 aliphatic rings. The van der Waals surface area contributed by atoms with Crippen LogP contribution in [-0.4, -0.2) is 40.5 Å². The van der Waals surface area contributed by atoms with Gasteiger partial charge in [-0.1, -0.05) is 12.1 Å². The van der Waals surface area contributed by atoms with Crippen LogP contribution in [0.15, 0.2) is 24.3 Å². The van der Waals surface area contributed by atoms with Gasteiger partial charge < -0.3 is 21.5 Å². The Morgan fingerprint density at radius 3 is 2.79 bits per heavy atom. The van der Waals surface area contributed by atoms with Crippen LogP contribution in [-0.2, 0) is 16.0 Å². The number of hydrogen-bond acceptors (Lipinski definition) is 4. The molecule has 2 unspecified atom stereocenters. The SMILES string of the molecule is NC(=O)C1CC(O)CN1C(=O)Cc1cccc(N)c1. The number of amides is 2. The lowest BCUT2D eigenvalue weighted by atomic mass is 10.1. The second-order valence-electron chi connectivity index (χ2n) is 4.78. The van der Waals surface area contributed by atoms with E-state index >= 15 is 0 Å². The molecule has 1 aromatic rings. The summed E-state index contributed by atoms with van der Waals surface area (Å²) in [7, 11) is 0. The molecule has 6 nitrogen and oxygen atoms in total. The second kappa shape index (κ2) is 5.27. The summed E-state index contributed by atoms with van der Waals surface area (Å²) in [6.45, 7) is 0.148. The highest BCUT2D eigenvalue weighted by Gasteiger charge is 2.37. The fourth-order valence-electron chi connectivity index (χ4n) is 2.34. The Morgan fingerprint density at radius 2 is 2.16 bits per heavy atom. The number of rotatable bonds is 3. The van der Waals surface area contributed by atoms with Crippen LogP contribution < -0.4 is 11.5 Å². The Kier molecular flexibility index (Phi) is 3.71. The molecular formula is C13H17N3O3. The second-order valence-corrected chi connectivity index (χ2v) is 4.78. The summed E-state index contributed by atoms with van der Waals surface area (Å²) in [5, 5.41) is 9.56. The van der Waals surface area contributed by atoms with E-state index in [4.69, 9.17) is 11.5 Å². The molecule has 1 fully saturated rings. The topological polar surface area (TPSA) is 110 Å². The maximum absolute atomic E-state index is 12.2. The minimum atomic E-state index is -0.719. The van der Waals surface area contributed by atoms with Crippen LogP contribution in [0.4, 0.5) is 5.69 Å².